The summed E-state index contributed by atoms with van der Waals surface area (Å²) in [6.45, 7) is 12.1. The highest BCUT2D eigenvalue weighted by atomic mass is 16.7. The molecule has 84 heavy (non-hydrogen) atoms. The van der Waals surface area contributed by atoms with Crippen LogP contribution in [-0.4, -0.2) is 180 Å². The van der Waals surface area contributed by atoms with E-state index in [1.54, 1.807) is 36.5 Å². The van der Waals surface area contributed by atoms with Gasteiger partial charge in [0.2, 0.25) is 6.10 Å². The van der Waals surface area contributed by atoms with Crippen LogP contribution in [0.5, 0.6) is 23.0 Å². The molecule has 2 aliphatic heterocycles. The van der Waals surface area contributed by atoms with Gasteiger partial charge in [0.1, 0.15) is 39.1 Å². The molecule has 0 saturated carbocycles. The van der Waals surface area contributed by atoms with Gasteiger partial charge in [-0.25, -0.2) is 0 Å². The van der Waals surface area contributed by atoms with E-state index in [0.717, 1.165) is 96.0 Å². The average Bonchev–Trinajstić information content (AvgIpc) is 2.50. The Bertz CT molecular complexity index is 2610. The number of pyridine rings is 1. The molecule has 2 aliphatic rings. The fraction of sp³-hybridized carbons (Fsp3) is 0.600. The van der Waals surface area contributed by atoms with Gasteiger partial charge in [0, 0.05) is 72.7 Å². The number of esters is 4. The van der Waals surface area contributed by atoms with Crippen molar-refractivity contribution in [2.45, 2.75) is 129 Å². The number of amides is 1. The Kier molecular flexibility index (Phi) is 29.4. The molecule has 0 aliphatic carbocycles. The molecule has 24 nitrogen and oxygen atoms in total. The van der Waals surface area contributed by atoms with Crippen molar-refractivity contribution in [2.75, 3.05) is 106 Å². The molecule has 4 aromatic rings. The molecule has 6 rings (SSSR count). The van der Waals surface area contributed by atoms with Crippen molar-refractivity contribution in [1.82, 2.24) is 25.2 Å². The molecule has 0 spiro atoms. The van der Waals surface area contributed by atoms with E-state index in [1.807, 2.05) is 53.3 Å². The first-order chi connectivity index (χ1) is 40.8. The van der Waals surface area contributed by atoms with Gasteiger partial charge in [-0.05, 0) is 68.5 Å². The molecule has 0 bridgehead atoms. The maximum absolute atomic E-state index is 13.5. The first-order valence-corrected chi connectivity index (χ1v) is 29.0. The van der Waals surface area contributed by atoms with Crippen molar-refractivity contribution in [3.63, 3.8) is 0 Å². The molecule has 24 heteroatoms. The summed E-state index contributed by atoms with van der Waals surface area (Å²) in [6, 6.07) is 16.7. The summed E-state index contributed by atoms with van der Waals surface area (Å²) in [4.78, 5) is 63.5. The Morgan fingerprint density at radius 1 is 0.607 bits per heavy atom. The summed E-state index contributed by atoms with van der Waals surface area (Å²) < 4.78 is 78.3. The zero-order valence-electron chi connectivity index (χ0n) is 49.3. The largest absolute Gasteiger partial charge is 0.487 e. The van der Waals surface area contributed by atoms with E-state index in [-0.39, 0.29) is 12.5 Å². The van der Waals surface area contributed by atoms with E-state index in [4.69, 9.17) is 61.6 Å². The number of nitrogens with one attached hydrogen (secondary N) is 1. The van der Waals surface area contributed by atoms with Gasteiger partial charge < -0.3 is 71.8 Å². The topological polar surface area (TPSA) is 255 Å². The van der Waals surface area contributed by atoms with Crippen LogP contribution in [0.15, 0.2) is 73.2 Å². The monoisotopic (exact) mass is 1180 g/mol. The number of fused-ring (bicyclic) bond motifs is 2. The average molecular weight is 1180 g/mol. The molecule has 2 aromatic carbocycles. The number of carbonyl (C=O) groups excluding carboxylic acids is 5. The van der Waals surface area contributed by atoms with Crippen LogP contribution in [0.25, 0.3) is 0 Å². The molecular formula is C60H85N6O18+. The normalized spacial score (nSPS) is 19.4. The predicted octanol–water partition coefficient (Wildman–Crippen LogP) is 5.34. The van der Waals surface area contributed by atoms with Gasteiger partial charge in [0.25, 0.3) is 5.91 Å². The molecule has 1 saturated heterocycles. The minimum absolute atomic E-state index is 0.194. The zero-order chi connectivity index (χ0) is 59.7. The van der Waals surface area contributed by atoms with E-state index >= 15 is 0 Å². The van der Waals surface area contributed by atoms with E-state index in [9.17, 15) is 24.0 Å². The van der Waals surface area contributed by atoms with Crippen LogP contribution in [0, 0.1) is 0 Å². The molecule has 462 valence electrons. The number of aromatic nitrogens is 4. The lowest BCUT2D eigenvalue weighted by Crippen LogP contribution is -2.65. The molecule has 5 atom stereocenters. The van der Waals surface area contributed by atoms with Gasteiger partial charge in [-0.2, -0.15) is 4.57 Å². The Labute approximate surface area is 491 Å². The van der Waals surface area contributed by atoms with Crippen molar-refractivity contribution < 1.29 is 90.1 Å². The van der Waals surface area contributed by atoms with Gasteiger partial charge in [-0.15, -0.1) is 5.10 Å². The van der Waals surface area contributed by atoms with Crippen LogP contribution in [0.2, 0.25) is 0 Å². The molecule has 0 radical (unpaired) electrons. The quantitative estimate of drug-likeness (QED) is 0.0425. The lowest BCUT2D eigenvalue weighted by molar-refractivity contribution is -0.777. The Morgan fingerprint density at radius 3 is 1.75 bits per heavy atom. The molecule has 1 fully saturated rings. The van der Waals surface area contributed by atoms with Crippen LogP contribution in [0.4, 0.5) is 0 Å². The van der Waals surface area contributed by atoms with Crippen LogP contribution in [0.3, 0.4) is 0 Å². The SMILES string of the molecule is CC(=O)OC[C@H]1O[C@H]([n+]2ccc(C(=O)N(C)CCCCCCn3cc(CCCCCCNCc4ccc5c(c4)OCCOCCOCCOc4ccccc4OCCOCCOCCO5)nn3)cc2)[C@@H](OC(C)=O)[C@@H](OC(C)=O)[C@@H]1OC(C)=O. The second kappa shape index (κ2) is 37.4. The third kappa shape index (κ3) is 24.0. The first-order valence-electron chi connectivity index (χ1n) is 29.0. The van der Waals surface area contributed by atoms with E-state index in [0.29, 0.717) is 121 Å². The number of nitrogens with zero attached hydrogens (tertiary/aromatic N) is 5. The molecule has 4 heterocycles. The van der Waals surface area contributed by atoms with Crippen LogP contribution in [-0.2, 0) is 81.3 Å². The number of para-hydroxylation sites is 2. The first kappa shape index (κ1) is 66.2. The molecule has 2 aromatic heterocycles. The molecule has 1 amide bonds. The summed E-state index contributed by atoms with van der Waals surface area (Å²) in [5.41, 5.74) is 2.48. The highest BCUT2D eigenvalue weighted by Gasteiger charge is 2.56. The number of carbonyl (C=O) groups is 5. The summed E-state index contributed by atoms with van der Waals surface area (Å²) in [7, 11) is 1.75. The molecule has 1 N–H and O–H groups in total. The van der Waals surface area contributed by atoms with Crippen LogP contribution >= 0.6 is 0 Å². The molecular weight excluding hydrogens is 1090 g/mol. The predicted molar refractivity (Wildman–Crippen MR) is 301 cm³/mol. The zero-order valence-corrected chi connectivity index (χ0v) is 49.3. The number of hydrogen-bond donors (Lipinski definition) is 1. The fourth-order valence-corrected chi connectivity index (χ4v) is 9.27. The van der Waals surface area contributed by atoms with Crippen LogP contribution in [0.1, 0.15) is 107 Å². The van der Waals surface area contributed by atoms with Gasteiger partial charge in [-0.3, -0.25) is 28.7 Å². The van der Waals surface area contributed by atoms with Gasteiger partial charge in [-0.1, -0.05) is 49.1 Å². The Balaban J connectivity index is 0.836. The maximum atomic E-state index is 13.5. The highest BCUT2D eigenvalue weighted by Crippen LogP contribution is 2.33. The van der Waals surface area contributed by atoms with Crippen molar-refractivity contribution in [3.8, 4) is 23.0 Å². The second-order valence-electron chi connectivity index (χ2n) is 20.1. The van der Waals surface area contributed by atoms with E-state index in [1.165, 1.54) is 18.4 Å². The fourth-order valence-electron chi connectivity index (χ4n) is 9.27. The lowest BCUT2D eigenvalue weighted by atomic mass is 9.97. The summed E-state index contributed by atoms with van der Waals surface area (Å²) in [5, 5.41) is 12.3. The smallest absolute Gasteiger partial charge is 0.304 e. The minimum atomic E-state index is -1.32. The van der Waals surface area contributed by atoms with Crippen molar-refractivity contribution in [1.29, 1.82) is 0 Å². The molecule has 0 unspecified atom stereocenters. The number of benzene rings is 2. The lowest BCUT2D eigenvalue weighted by Gasteiger charge is -2.41. The Hall–Kier alpha value is -6.96. The van der Waals surface area contributed by atoms with Gasteiger partial charge in [0.15, 0.2) is 47.6 Å². The minimum Gasteiger partial charge on any atom is -0.487 e. The standard InChI is InChI=1S/C60H85N6O18/c1-44(67)80-43-55-56(81-45(2)68)57(82-46(3)69)58(83-47(4)70)60(84-55)65-26-21-49(22-27-65)59(71)64(5)24-14-8-9-15-25-66-42-50(62-63-66)16-10-6-7-13-23-61-41-48-19-20-53-54(40-48)79-39-35-75-31-30-73-33-37-77-52-18-12-11-17-51(52)76-36-32-72-28-29-74-34-38-78-53/h11-12,17-22,26-27,40,42,55-58,60-61H,6-10,13-16,23-25,28-39,41,43H2,1-5H3/q+1/t55-,56-,57+,58+,60+/m1/s1. The van der Waals surface area contributed by atoms with E-state index < -0.39 is 54.5 Å². The summed E-state index contributed by atoms with van der Waals surface area (Å²) in [5.74, 6) is -0.359. The van der Waals surface area contributed by atoms with E-state index in [2.05, 4.69) is 15.6 Å². The maximum Gasteiger partial charge on any atom is 0.304 e. The van der Waals surface area contributed by atoms with Crippen LogP contribution < -0.4 is 28.8 Å². The number of ether oxygens (including phenoxy) is 13. The summed E-state index contributed by atoms with van der Waals surface area (Å²) >= 11 is 0. The second-order valence-corrected chi connectivity index (χ2v) is 20.1. The number of hydrogen-bond acceptors (Lipinski definition) is 21. The highest BCUT2D eigenvalue weighted by molar-refractivity contribution is 5.93. The Morgan fingerprint density at radius 2 is 1.14 bits per heavy atom. The van der Waals surface area contributed by atoms with Crippen molar-refractivity contribution in [3.05, 3.63) is 90.0 Å². The van der Waals surface area contributed by atoms with Gasteiger partial charge in [0.05, 0.1) is 64.1 Å². The van der Waals surface area contributed by atoms with Crippen molar-refractivity contribution in [2.24, 2.45) is 0 Å². The third-order valence-electron chi connectivity index (χ3n) is 13.3. The third-order valence-corrected chi connectivity index (χ3v) is 13.3. The number of aryl methyl sites for hydroxylation is 2. The van der Waals surface area contributed by atoms with Gasteiger partial charge >= 0.3 is 30.1 Å². The number of unbranched alkanes of at least 4 members (excludes halogenated alkanes) is 6. The summed E-state index contributed by atoms with van der Waals surface area (Å²) in [6.07, 6.45) is 7.84. The number of rotatable bonds is 23. The van der Waals surface area contributed by atoms with Crippen molar-refractivity contribution >= 4 is 29.8 Å².